The fraction of sp³-hybridized carbons (Fsp3) is 0.391. The molecular weight excluding hydrogens is 350 g/mol. The third-order valence-electron chi connectivity index (χ3n) is 6.20. The lowest BCUT2D eigenvalue weighted by atomic mass is 9.92. The molecule has 2 aromatic carbocycles. The van der Waals surface area contributed by atoms with Crippen molar-refractivity contribution in [2.75, 3.05) is 30.4 Å². The van der Waals surface area contributed by atoms with Crippen LogP contribution < -0.4 is 15.5 Å². The highest BCUT2D eigenvalue weighted by molar-refractivity contribution is 5.96. The molecule has 2 N–H and O–H groups in total. The van der Waals surface area contributed by atoms with E-state index in [2.05, 4.69) is 10.6 Å². The van der Waals surface area contributed by atoms with Gasteiger partial charge in [0.2, 0.25) is 11.8 Å². The Morgan fingerprint density at radius 1 is 1.07 bits per heavy atom. The van der Waals surface area contributed by atoms with E-state index < -0.39 is 0 Å². The second-order valence-electron chi connectivity index (χ2n) is 8.02. The summed E-state index contributed by atoms with van der Waals surface area (Å²) in [6, 6.07) is 17.2. The lowest BCUT2D eigenvalue weighted by Gasteiger charge is -2.23. The summed E-state index contributed by atoms with van der Waals surface area (Å²) in [6.45, 7) is 2.04. The molecule has 1 heterocycles. The molecule has 1 aliphatic carbocycles. The van der Waals surface area contributed by atoms with E-state index >= 15 is 0 Å². The van der Waals surface area contributed by atoms with Gasteiger partial charge in [0.15, 0.2) is 0 Å². The molecule has 2 amide bonds. The van der Waals surface area contributed by atoms with Crippen molar-refractivity contribution in [3.63, 3.8) is 0 Å². The highest BCUT2D eigenvalue weighted by Gasteiger charge is 2.57. The van der Waals surface area contributed by atoms with Crippen molar-refractivity contribution >= 4 is 23.2 Å². The quantitative estimate of drug-likeness (QED) is 0.841. The molecule has 5 heteroatoms. The van der Waals surface area contributed by atoms with Crippen LogP contribution in [0.5, 0.6) is 0 Å². The first-order valence-electron chi connectivity index (χ1n) is 10.00. The fourth-order valence-corrected chi connectivity index (χ4v) is 4.22. The zero-order chi connectivity index (χ0) is 19.6. The maximum Gasteiger partial charge on any atom is 0.231 e. The van der Waals surface area contributed by atoms with Crippen molar-refractivity contribution in [3.05, 3.63) is 60.2 Å². The lowest BCUT2D eigenvalue weighted by molar-refractivity contribution is -0.118. The van der Waals surface area contributed by atoms with Crippen molar-refractivity contribution in [3.8, 4) is 0 Å². The number of rotatable bonds is 5. The van der Waals surface area contributed by atoms with E-state index in [0.29, 0.717) is 6.42 Å². The Kier molecular flexibility index (Phi) is 5.18. The third kappa shape index (κ3) is 3.94. The Hall–Kier alpha value is -2.66. The minimum atomic E-state index is 0.0359. The molecule has 2 aromatic rings. The van der Waals surface area contributed by atoms with Crippen LogP contribution in [0.1, 0.15) is 24.8 Å². The number of piperidine rings is 1. The van der Waals surface area contributed by atoms with E-state index in [1.54, 1.807) is 11.9 Å². The van der Waals surface area contributed by atoms with Gasteiger partial charge in [-0.2, -0.15) is 0 Å². The van der Waals surface area contributed by atoms with Gasteiger partial charge >= 0.3 is 0 Å². The van der Waals surface area contributed by atoms with Gasteiger partial charge in [-0.15, -0.1) is 0 Å². The molecule has 0 bridgehead atoms. The molecule has 1 saturated carbocycles. The summed E-state index contributed by atoms with van der Waals surface area (Å²) in [4.78, 5) is 26.7. The molecule has 1 atom stereocenters. The third-order valence-corrected chi connectivity index (χ3v) is 6.20. The van der Waals surface area contributed by atoms with Gasteiger partial charge in [0.1, 0.15) is 0 Å². The van der Waals surface area contributed by atoms with Crippen LogP contribution in [0.2, 0.25) is 0 Å². The number of nitrogens with one attached hydrogen (secondary N) is 2. The number of likely N-dealkylation sites (N-methyl/N-ethyl adjacent to an activating group) is 1. The lowest BCUT2D eigenvalue weighted by Crippen LogP contribution is -2.31. The average molecular weight is 377 g/mol. The van der Waals surface area contributed by atoms with Gasteiger partial charge in [-0.3, -0.25) is 9.59 Å². The maximum atomic E-state index is 12.6. The summed E-state index contributed by atoms with van der Waals surface area (Å²) in [5.41, 5.74) is 2.86. The number of benzene rings is 2. The van der Waals surface area contributed by atoms with Gasteiger partial charge < -0.3 is 15.5 Å². The van der Waals surface area contributed by atoms with Crippen molar-refractivity contribution in [2.24, 2.45) is 11.3 Å². The number of carbonyl (C=O) groups excluding carboxylic acids is 2. The Labute approximate surface area is 166 Å². The molecular formula is C23H27N3O2. The standard InChI is InChI=1S/C23H27N3O2/c1-26(19-5-3-2-4-6-19)21(27)15-17-7-9-18(10-8-17)25-22(28)20-16-23(20)11-13-24-14-12-23/h2-10,20,24H,11-16H2,1H3,(H,25,28). The molecule has 1 spiro atoms. The summed E-state index contributed by atoms with van der Waals surface area (Å²) >= 11 is 0. The predicted octanol–water partition coefficient (Wildman–Crippen LogP) is 3.22. The number of nitrogens with zero attached hydrogens (tertiary/aromatic N) is 1. The SMILES string of the molecule is CN(C(=O)Cc1ccc(NC(=O)C2CC23CCNCC3)cc1)c1ccccc1. The summed E-state index contributed by atoms with van der Waals surface area (Å²) in [5, 5.41) is 6.42. The van der Waals surface area contributed by atoms with Gasteiger partial charge in [-0.05, 0) is 67.6 Å². The topological polar surface area (TPSA) is 61.4 Å². The monoisotopic (exact) mass is 377 g/mol. The molecule has 146 valence electrons. The molecule has 4 rings (SSSR count). The van der Waals surface area contributed by atoms with Crippen LogP contribution in [-0.2, 0) is 16.0 Å². The smallest absolute Gasteiger partial charge is 0.231 e. The van der Waals surface area contributed by atoms with E-state index in [4.69, 9.17) is 0 Å². The van der Waals surface area contributed by atoms with Gasteiger partial charge in [0, 0.05) is 24.3 Å². The second-order valence-corrected chi connectivity index (χ2v) is 8.02. The predicted molar refractivity (Wildman–Crippen MR) is 111 cm³/mol. The average Bonchev–Trinajstić information content (AvgIpc) is 3.43. The highest BCUT2D eigenvalue weighted by atomic mass is 16.2. The van der Waals surface area contributed by atoms with Crippen molar-refractivity contribution in [1.29, 1.82) is 0 Å². The Bertz CT molecular complexity index is 842. The van der Waals surface area contributed by atoms with Crippen LogP contribution in [0.15, 0.2) is 54.6 Å². The maximum absolute atomic E-state index is 12.6. The fourth-order valence-electron chi connectivity index (χ4n) is 4.22. The van der Waals surface area contributed by atoms with Crippen molar-refractivity contribution in [1.82, 2.24) is 5.32 Å². The van der Waals surface area contributed by atoms with Gasteiger partial charge in [-0.25, -0.2) is 0 Å². The van der Waals surface area contributed by atoms with E-state index in [1.807, 2.05) is 54.6 Å². The van der Waals surface area contributed by atoms with E-state index in [9.17, 15) is 9.59 Å². The molecule has 5 nitrogen and oxygen atoms in total. The summed E-state index contributed by atoms with van der Waals surface area (Å²) in [6.07, 6.45) is 3.54. The highest BCUT2D eigenvalue weighted by Crippen LogP contribution is 2.58. The number of carbonyl (C=O) groups is 2. The van der Waals surface area contributed by atoms with Gasteiger partial charge in [0.05, 0.1) is 6.42 Å². The zero-order valence-corrected chi connectivity index (χ0v) is 16.3. The van der Waals surface area contributed by atoms with Crippen LogP contribution in [0, 0.1) is 11.3 Å². The van der Waals surface area contributed by atoms with Gasteiger partial charge in [0.25, 0.3) is 0 Å². The van der Waals surface area contributed by atoms with Crippen LogP contribution in [-0.4, -0.2) is 32.0 Å². The zero-order valence-electron chi connectivity index (χ0n) is 16.3. The number of amides is 2. The van der Waals surface area contributed by atoms with Crippen molar-refractivity contribution in [2.45, 2.75) is 25.7 Å². The molecule has 1 aliphatic heterocycles. The largest absolute Gasteiger partial charge is 0.326 e. The summed E-state index contributed by atoms with van der Waals surface area (Å²) in [5.74, 6) is 0.318. The minimum Gasteiger partial charge on any atom is -0.326 e. The van der Waals surface area contributed by atoms with Crippen LogP contribution in [0.25, 0.3) is 0 Å². The second kappa shape index (κ2) is 7.76. The summed E-state index contributed by atoms with van der Waals surface area (Å²) < 4.78 is 0. The number of para-hydroxylation sites is 1. The molecule has 2 fully saturated rings. The first-order valence-corrected chi connectivity index (χ1v) is 10.00. The van der Waals surface area contributed by atoms with E-state index in [0.717, 1.165) is 49.3 Å². The van der Waals surface area contributed by atoms with Gasteiger partial charge in [-0.1, -0.05) is 30.3 Å². The normalized spacial score (nSPS) is 19.8. The molecule has 1 unspecified atom stereocenters. The van der Waals surface area contributed by atoms with E-state index in [1.165, 1.54) is 0 Å². The van der Waals surface area contributed by atoms with Crippen LogP contribution in [0.4, 0.5) is 11.4 Å². The molecule has 28 heavy (non-hydrogen) atoms. The van der Waals surface area contributed by atoms with Crippen LogP contribution >= 0.6 is 0 Å². The van der Waals surface area contributed by atoms with Crippen molar-refractivity contribution < 1.29 is 9.59 Å². The Morgan fingerprint density at radius 2 is 1.75 bits per heavy atom. The molecule has 0 aromatic heterocycles. The first kappa shape index (κ1) is 18.7. The molecule has 1 saturated heterocycles. The number of anilines is 2. The summed E-state index contributed by atoms with van der Waals surface area (Å²) in [7, 11) is 1.79. The Balaban J connectivity index is 1.31. The first-order chi connectivity index (χ1) is 13.6. The number of hydrogen-bond acceptors (Lipinski definition) is 3. The molecule has 2 aliphatic rings. The molecule has 0 radical (unpaired) electrons. The van der Waals surface area contributed by atoms with E-state index in [-0.39, 0.29) is 23.1 Å². The minimum absolute atomic E-state index is 0.0359. The number of hydrogen-bond donors (Lipinski definition) is 2. The Morgan fingerprint density at radius 3 is 2.43 bits per heavy atom. The van der Waals surface area contributed by atoms with Crippen LogP contribution in [0.3, 0.4) is 0 Å².